The monoisotopic (exact) mass is 373 g/mol. The summed E-state index contributed by atoms with van der Waals surface area (Å²) in [6.45, 7) is 4.24. The highest BCUT2D eigenvalue weighted by Crippen LogP contribution is 2.41. The number of ether oxygens (including phenoxy) is 1. The third-order valence-corrected chi connectivity index (χ3v) is 6.60. The topological polar surface area (TPSA) is 63.7 Å². The lowest BCUT2D eigenvalue weighted by Gasteiger charge is -2.27. The Morgan fingerprint density at radius 3 is 2.38 bits per heavy atom. The number of esters is 1. The lowest BCUT2D eigenvalue weighted by atomic mass is 9.94. The number of carbonyl (C=O) groups excluding carboxylic acids is 1. The maximum atomic E-state index is 13.2. The molecule has 2 unspecified atom stereocenters. The second-order valence-corrected chi connectivity index (χ2v) is 8.32. The molecule has 26 heavy (non-hydrogen) atoms. The first-order chi connectivity index (χ1) is 12.4. The molecule has 0 bridgehead atoms. The van der Waals surface area contributed by atoms with E-state index in [1.165, 1.54) is 4.31 Å². The summed E-state index contributed by atoms with van der Waals surface area (Å²) in [5.41, 5.74) is 1.80. The van der Waals surface area contributed by atoms with E-state index < -0.39 is 22.0 Å². The standard InChI is InChI=1S/C20H23NO4S/c1-3-25-20(22)18-13-14-21(19(18)16-7-5-4-6-8-16)26(23,24)17-11-9-15(2)10-12-17/h4-12,18-19H,3,13-14H2,1-2H3. The van der Waals surface area contributed by atoms with Gasteiger partial charge in [-0.05, 0) is 38.0 Å². The lowest BCUT2D eigenvalue weighted by molar-refractivity contribution is -0.148. The van der Waals surface area contributed by atoms with E-state index in [0.717, 1.165) is 11.1 Å². The molecule has 2 aromatic rings. The fraction of sp³-hybridized carbons (Fsp3) is 0.350. The number of benzene rings is 2. The molecule has 1 aliphatic rings. The summed E-state index contributed by atoms with van der Waals surface area (Å²) < 4.78 is 33.1. The second kappa shape index (κ2) is 7.60. The predicted octanol–water partition coefficient (Wildman–Crippen LogP) is 3.31. The summed E-state index contributed by atoms with van der Waals surface area (Å²) in [6, 6.07) is 15.5. The molecule has 1 fully saturated rings. The molecule has 0 amide bonds. The van der Waals surface area contributed by atoms with Gasteiger partial charge in [-0.3, -0.25) is 4.79 Å². The van der Waals surface area contributed by atoms with Gasteiger partial charge in [0.2, 0.25) is 10.0 Å². The minimum absolute atomic E-state index is 0.244. The van der Waals surface area contributed by atoms with Gasteiger partial charge in [-0.15, -0.1) is 0 Å². The SMILES string of the molecule is CCOC(=O)C1CCN(S(=O)(=O)c2ccc(C)cc2)C1c1ccccc1. The number of aryl methyl sites for hydroxylation is 1. The Labute approximate surface area is 154 Å². The van der Waals surface area contributed by atoms with Crippen LogP contribution in [-0.2, 0) is 19.6 Å². The first-order valence-electron chi connectivity index (χ1n) is 8.75. The Morgan fingerprint density at radius 1 is 1.12 bits per heavy atom. The van der Waals surface area contributed by atoms with Crippen LogP contribution >= 0.6 is 0 Å². The van der Waals surface area contributed by atoms with E-state index in [1.807, 2.05) is 37.3 Å². The molecule has 3 rings (SSSR count). The minimum atomic E-state index is -3.71. The number of rotatable bonds is 5. The number of nitrogens with zero attached hydrogens (tertiary/aromatic N) is 1. The number of hydrogen-bond acceptors (Lipinski definition) is 4. The Balaban J connectivity index is 2.02. The maximum absolute atomic E-state index is 13.2. The summed E-state index contributed by atoms with van der Waals surface area (Å²) in [5.74, 6) is -0.847. The summed E-state index contributed by atoms with van der Waals surface area (Å²) in [4.78, 5) is 12.7. The van der Waals surface area contributed by atoms with Crippen molar-refractivity contribution < 1.29 is 17.9 Å². The molecule has 0 saturated carbocycles. The molecule has 0 aromatic heterocycles. The molecular weight excluding hydrogens is 350 g/mol. The minimum Gasteiger partial charge on any atom is -0.466 e. The first-order valence-corrected chi connectivity index (χ1v) is 10.2. The Hall–Kier alpha value is -2.18. The van der Waals surface area contributed by atoms with Crippen molar-refractivity contribution in [3.05, 3.63) is 65.7 Å². The van der Waals surface area contributed by atoms with Crippen molar-refractivity contribution in [3.8, 4) is 0 Å². The van der Waals surface area contributed by atoms with Crippen molar-refractivity contribution in [2.24, 2.45) is 5.92 Å². The normalized spacial score (nSPS) is 20.8. The smallest absolute Gasteiger partial charge is 0.310 e. The third kappa shape index (κ3) is 3.52. The van der Waals surface area contributed by atoms with E-state index in [0.29, 0.717) is 13.0 Å². The van der Waals surface area contributed by atoms with Crippen LogP contribution in [0.1, 0.15) is 30.5 Å². The average Bonchev–Trinajstić information content (AvgIpc) is 3.09. The maximum Gasteiger partial charge on any atom is 0.310 e. The van der Waals surface area contributed by atoms with Crippen LogP contribution in [0, 0.1) is 12.8 Å². The predicted molar refractivity (Wildman–Crippen MR) is 99.0 cm³/mol. The van der Waals surface area contributed by atoms with E-state index in [1.54, 1.807) is 31.2 Å². The van der Waals surface area contributed by atoms with E-state index >= 15 is 0 Å². The van der Waals surface area contributed by atoms with Crippen molar-refractivity contribution in [2.45, 2.75) is 31.2 Å². The van der Waals surface area contributed by atoms with Crippen LogP contribution in [0.4, 0.5) is 0 Å². The Kier molecular flexibility index (Phi) is 5.44. The number of sulfonamides is 1. The molecular formula is C20H23NO4S. The largest absolute Gasteiger partial charge is 0.466 e. The summed E-state index contributed by atoms with van der Waals surface area (Å²) in [6.07, 6.45) is 0.448. The highest BCUT2D eigenvalue weighted by molar-refractivity contribution is 7.89. The van der Waals surface area contributed by atoms with Gasteiger partial charge in [0.25, 0.3) is 0 Å². The molecule has 1 aliphatic heterocycles. The van der Waals surface area contributed by atoms with E-state index in [9.17, 15) is 13.2 Å². The fourth-order valence-electron chi connectivity index (χ4n) is 3.42. The molecule has 5 nitrogen and oxygen atoms in total. The lowest BCUT2D eigenvalue weighted by Crippen LogP contribution is -2.34. The van der Waals surface area contributed by atoms with Crippen molar-refractivity contribution in [1.82, 2.24) is 4.31 Å². The number of hydrogen-bond donors (Lipinski definition) is 0. The first kappa shape index (κ1) is 18.6. The van der Waals surface area contributed by atoms with Crippen LogP contribution in [-0.4, -0.2) is 31.8 Å². The van der Waals surface area contributed by atoms with E-state index in [4.69, 9.17) is 4.74 Å². The van der Waals surface area contributed by atoms with Crippen molar-refractivity contribution in [1.29, 1.82) is 0 Å². The van der Waals surface area contributed by atoms with Crippen LogP contribution < -0.4 is 0 Å². The molecule has 2 atom stereocenters. The van der Waals surface area contributed by atoms with Gasteiger partial charge in [0.1, 0.15) is 0 Å². The van der Waals surface area contributed by atoms with Gasteiger partial charge in [-0.1, -0.05) is 48.0 Å². The summed E-state index contributed by atoms with van der Waals surface area (Å²) >= 11 is 0. The van der Waals surface area contributed by atoms with Crippen LogP contribution in [0.3, 0.4) is 0 Å². The number of carbonyl (C=O) groups is 1. The van der Waals surface area contributed by atoms with Crippen molar-refractivity contribution in [2.75, 3.05) is 13.2 Å². The molecule has 0 aliphatic carbocycles. The van der Waals surface area contributed by atoms with Crippen LogP contribution in [0.2, 0.25) is 0 Å². The van der Waals surface area contributed by atoms with Gasteiger partial charge in [0, 0.05) is 6.54 Å². The van der Waals surface area contributed by atoms with Gasteiger partial charge in [0.15, 0.2) is 0 Å². The van der Waals surface area contributed by atoms with Crippen LogP contribution in [0.15, 0.2) is 59.5 Å². The van der Waals surface area contributed by atoms with Crippen molar-refractivity contribution in [3.63, 3.8) is 0 Å². The zero-order valence-electron chi connectivity index (χ0n) is 15.0. The van der Waals surface area contributed by atoms with E-state index in [2.05, 4.69) is 0 Å². The molecule has 1 saturated heterocycles. The fourth-order valence-corrected chi connectivity index (χ4v) is 5.09. The van der Waals surface area contributed by atoms with Crippen LogP contribution in [0.5, 0.6) is 0 Å². The second-order valence-electron chi connectivity index (χ2n) is 6.43. The van der Waals surface area contributed by atoms with Crippen LogP contribution in [0.25, 0.3) is 0 Å². The Morgan fingerprint density at radius 2 is 1.77 bits per heavy atom. The average molecular weight is 373 g/mol. The summed E-state index contributed by atoms with van der Waals surface area (Å²) in [5, 5.41) is 0. The molecule has 1 heterocycles. The van der Waals surface area contributed by atoms with Gasteiger partial charge in [0.05, 0.1) is 23.5 Å². The van der Waals surface area contributed by atoms with Gasteiger partial charge in [-0.2, -0.15) is 4.31 Å². The molecule has 6 heteroatoms. The quantitative estimate of drug-likeness (QED) is 0.755. The zero-order valence-corrected chi connectivity index (χ0v) is 15.8. The molecule has 0 N–H and O–H groups in total. The van der Waals surface area contributed by atoms with Gasteiger partial charge >= 0.3 is 5.97 Å². The third-order valence-electron chi connectivity index (χ3n) is 4.71. The molecule has 2 aromatic carbocycles. The molecule has 138 valence electrons. The van der Waals surface area contributed by atoms with Gasteiger partial charge < -0.3 is 4.74 Å². The van der Waals surface area contributed by atoms with E-state index in [-0.39, 0.29) is 17.5 Å². The Bertz CT molecular complexity index is 862. The highest BCUT2D eigenvalue weighted by atomic mass is 32.2. The van der Waals surface area contributed by atoms with Crippen molar-refractivity contribution >= 4 is 16.0 Å². The van der Waals surface area contributed by atoms with Gasteiger partial charge in [-0.25, -0.2) is 8.42 Å². The highest BCUT2D eigenvalue weighted by Gasteiger charge is 2.46. The molecule has 0 radical (unpaired) electrons. The molecule has 0 spiro atoms. The summed E-state index contributed by atoms with van der Waals surface area (Å²) in [7, 11) is -3.71. The zero-order chi connectivity index (χ0) is 18.7.